The number of hydrogen-bond donors (Lipinski definition) is 3. The van der Waals surface area contributed by atoms with Gasteiger partial charge in [0.1, 0.15) is 6.10 Å². The average Bonchev–Trinajstić information content (AvgIpc) is 3.25. The van der Waals surface area contributed by atoms with Crippen LogP contribution in [-0.2, 0) is 14.3 Å². The molecule has 6 heteroatoms. The Morgan fingerprint density at radius 2 is 0.934 bits per heavy atom. The Balaban J connectivity index is 4.73. The number of amides is 1. The van der Waals surface area contributed by atoms with Crippen LogP contribution in [0.4, 0.5) is 0 Å². The minimum Gasteiger partial charge on any atom is -0.462 e. The lowest BCUT2D eigenvalue weighted by molar-refractivity contribution is -0.150. The Bertz CT molecular complexity index is 1180. The smallest absolute Gasteiger partial charge is 0.306 e. The second-order valence-corrected chi connectivity index (χ2v) is 16.9. The molecule has 0 saturated carbocycles. The highest BCUT2D eigenvalue weighted by molar-refractivity contribution is 5.77. The molecule has 350 valence electrons. The van der Waals surface area contributed by atoms with Crippen molar-refractivity contribution in [3.05, 3.63) is 85.1 Å². The van der Waals surface area contributed by atoms with Crippen LogP contribution in [0.3, 0.4) is 0 Å². The summed E-state index contributed by atoms with van der Waals surface area (Å²) in [6.07, 6.45) is 62.2. The first-order valence-corrected chi connectivity index (χ1v) is 25.3. The lowest BCUT2D eigenvalue weighted by Crippen LogP contribution is -2.46. The molecule has 0 saturated heterocycles. The van der Waals surface area contributed by atoms with Crippen LogP contribution in [0.5, 0.6) is 0 Å². The van der Waals surface area contributed by atoms with E-state index in [9.17, 15) is 19.8 Å². The van der Waals surface area contributed by atoms with E-state index in [-0.39, 0.29) is 31.3 Å². The second kappa shape index (κ2) is 48.1. The van der Waals surface area contributed by atoms with E-state index in [0.29, 0.717) is 19.3 Å². The van der Waals surface area contributed by atoms with Gasteiger partial charge < -0.3 is 20.3 Å². The number of hydrogen-bond acceptors (Lipinski definition) is 5. The molecule has 0 aromatic rings. The molecule has 0 fully saturated rings. The van der Waals surface area contributed by atoms with Crippen LogP contribution in [0.1, 0.15) is 226 Å². The van der Waals surface area contributed by atoms with Gasteiger partial charge in [-0.3, -0.25) is 9.59 Å². The van der Waals surface area contributed by atoms with E-state index >= 15 is 0 Å². The maximum Gasteiger partial charge on any atom is 0.306 e. The quantitative estimate of drug-likeness (QED) is 0.0246. The third kappa shape index (κ3) is 43.5. The van der Waals surface area contributed by atoms with E-state index in [4.69, 9.17) is 4.74 Å². The number of rotatable bonds is 44. The van der Waals surface area contributed by atoms with Gasteiger partial charge >= 0.3 is 5.97 Å². The van der Waals surface area contributed by atoms with E-state index in [0.717, 1.165) is 89.9 Å². The Morgan fingerprint density at radius 3 is 1.44 bits per heavy atom. The summed E-state index contributed by atoms with van der Waals surface area (Å²) in [5, 5.41) is 23.7. The standard InChI is InChI=1S/C55H95NO5/c1-4-7-10-13-16-19-22-25-26-27-30-33-36-39-42-45-48-55(60)61-51(46-43-40-37-34-31-28-23-20-17-14-11-8-5-2)49-54(59)56-52(50-57)53(58)47-44-41-38-35-32-29-24-21-18-15-12-9-6-3/h7,10,16-17,19-20,23,25-26,28,30,33,39,42,51-53,57-58H,4-6,8-9,11-15,18,21-22,24,27,29,31-32,34-38,40-41,43-50H2,1-3H3,(H,56,59)/b10-7+,19-16+,20-17+,26-25+,28-23+,33-30+,42-39+. The SMILES string of the molecule is CC/C=C/C/C=C/C/C=C/C/C=C/C/C=C/CCC(=O)OC(CCCCCC/C=C/C=C/CCCCC)CC(=O)NC(CO)C(O)CCCCCCCCCCCCCCC. The molecule has 0 aromatic heterocycles. The van der Waals surface area contributed by atoms with Crippen molar-refractivity contribution in [2.45, 2.75) is 244 Å². The predicted octanol–water partition coefficient (Wildman–Crippen LogP) is 15.2. The van der Waals surface area contributed by atoms with Crippen molar-refractivity contribution in [1.82, 2.24) is 5.32 Å². The highest BCUT2D eigenvalue weighted by Crippen LogP contribution is 2.17. The van der Waals surface area contributed by atoms with Gasteiger partial charge in [0, 0.05) is 6.42 Å². The van der Waals surface area contributed by atoms with E-state index in [1.807, 2.05) is 6.08 Å². The Morgan fingerprint density at radius 1 is 0.508 bits per heavy atom. The number of unbranched alkanes of at least 4 members (excludes halogenated alkanes) is 19. The normalized spacial score (nSPS) is 14.0. The lowest BCUT2D eigenvalue weighted by Gasteiger charge is -2.24. The highest BCUT2D eigenvalue weighted by atomic mass is 16.5. The molecule has 0 rings (SSSR count). The molecule has 0 radical (unpaired) electrons. The molecule has 0 bridgehead atoms. The van der Waals surface area contributed by atoms with Crippen LogP contribution in [0.2, 0.25) is 0 Å². The van der Waals surface area contributed by atoms with Gasteiger partial charge in [0.15, 0.2) is 0 Å². The van der Waals surface area contributed by atoms with Crippen molar-refractivity contribution < 1.29 is 24.5 Å². The van der Waals surface area contributed by atoms with Gasteiger partial charge in [0.25, 0.3) is 0 Å². The third-order valence-electron chi connectivity index (χ3n) is 11.0. The molecule has 3 N–H and O–H groups in total. The van der Waals surface area contributed by atoms with E-state index < -0.39 is 18.2 Å². The van der Waals surface area contributed by atoms with Crippen LogP contribution in [0.15, 0.2) is 85.1 Å². The minimum absolute atomic E-state index is 0.0305. The van der Waals surface area contributed by atoms with E-state index in [1.165, 1.54) is 83.5 Å². The maximum absolute atomic E-state index is 13.2. The summed E-state index contributed by atoms with van der Waals surface area (Å²) in [7, 11) is 0. The lowest BCUT2D eigenvalue weighted by atomic mass is 10.0. The summed E-state index contributed by atoms with van der Waals surface area (Å²) < 4.78 is 5.87. The minimum atomic E-state index is -0.809. The molecule has 3 atom stereocenters. The number of ether oxygens (including phenoxy) is 1. The van der Waals surface area contributed by atoms with Gasteiger partial charge in [-0.2, -0.15) is 0 Å². The van der Waals surface area contributed by atoms with Gasteiger partial charge in [0.05, 0.1) is 25.2 Å². The molecule has 0 aliphatic rings. The monoisotopic (exact) mass is 850 g/mol. The van der Waals surface area contributed by atoms with Gasteiger partial charge in [-0.15, -0.1) is 0 Å². The summed E-state index contributed by atoms with van der Waals surface area (Å²) >= 11 is 0. The average molecular weight is 850 g/mol. The molecule has 61 heavy (non-hydrogen) atoms. The number of carbonyl (C=O) groups is 2. The van der Waals surface area contributed by atoms with Crippen molar-refractivity contribution >= 4 is 11.9 Å². The number of nitrogens with one attached hydrogen (secondary N) is 1. The first kappa shape index (κ1) is 58.0. The molecule has 1 amide bonds. The Kier molecular flexibility index (Phi) is 45.7. The molecule has 0 spiro atoms. The maximum atomic E-state index is 13.2. The topological polar surface area (TPSA) is 95.9 Å². The van der Waals surface area contributed by atoms with Crippen LogP contribution < -0.4 is 5.32 Å². The Hall–Kier alpha value is -2.96. The largest absolute Gasteiger partial charge is 0.462 e. The van der Waals surface area contributed by atoms with Gasteiger partial charge in [-0.25, -0.2) is 0 Å². The number of carbonyl (C=O) groups excluding carboxylic acids is 2. The molecule has 0 aromatic carbocycles. The number of esters is 1. The molecule has 3 unspecified atom stereocenters. The van der Waals surface area contributed by atoms with Crippen molar-refractivity contribution in [1.29, 1.82) is 0 Å². The molecule has 0 aliphatic heterocycles. The fourth-order valence-corrected chi connectivity index (χ4v) is 7.18. The van der Waals surface area contributed by atoms with E-state index in [1.54, 1.807) is 0 Å². The van der Waals surface area contributed by atoms with E-state index in [2.05, 4.69) is 105 Å². The molecule has 0 aliphatic carbocycles. The van der Waals surface area contributed by atoms with Crippen molar-refractivity contribution in [3.8, 4) is 0 Å². The van der Waals surface area contributed by atoms with Crippen molar-refractivity contribution in [2.75, 3.05) is 6.61 Å². The molecular weight excluding hydrogens is 755 g/mol. The first-order chi connectivity index (χ1) is 30.0. The zero-order valence-electron chi connectivity index (χ0n) is 39.8. The van der Waals surface area contributed by atoms with Gasteiger partial charge in [-0.1, -0.05) is 215 Å². The van der Waals surface area contributed by atoms with Crippen LogP contribution in [0, 0.1) is 0 Å². The first-order valence-electron chi connectivity index (χ1n) is 25.3. The van der Waals surface area contributed by atoms with Crippen molar-refractivity contribution in [2.24, 2.45) is 0 Å². The number of allylic oxidation sites excluding steroid dienone is 14. The summed E-state index contributed by atoms with van der Waals surface area (Å²) in [6, 6.07) is -0.726. The molecule has 6 nitrogen and oxygen atoms in total. The summed E-state index contributed by atoms with van der Waals surface area (Å²) in [6.45, 7) is 6.31. The second-order valence-electron chi connectivity index (χ2n) is 16.9. The Labute approximate surface area is 376 Å². The third-order valence-corrected chi connectivity index (χ3v) is 11.0. The van der Waals surface area contributed by atoms with Crippen LogP contribution >= 0.6 is 0 Å². The van der Waals surface area contributed by atoms with Crippen molar-refractivity contribution in [3.63, 3.8) is 0 Å². The highest BCUT2D eigenvalue weighted by Gasteiger charge is 2.24. The summed E-state index contributed by atoms with van der Waals surface area (Å²) in [5.74, 6) is -0.598. The molecular formula is C55H95NO5. The van der Waals surface area contributed by atoms with Gasteiger partial charge in [0.2, 0.25) is 5.91 Å². The predicted molar refractivity (Wildman–Crippen MR) is 264 cm³/mol. The summed E-state index contributed by atoms with van der Waals surface area (Å²) in [4.78, 5) is 26.1. The van der Waals surface area contributed by atoms with Gasteiger partial charge in [-0.05, 0) is 83.5 Å². The fraction of sp³-hybridized carbons (Fsp3) is 0.709. The zero-order valence-corrected chi connectivity index (χ0v) is 39.8. The fourth-order valence-electron chi connectivity index (χ4n) is 7.18. The zero-order chi connectivity index (χ0) is 44.5. The number of aliphatic hydroxyl groups excluding tert-OH is 2. The number of aliphatic hydroxyl groups is 2. The summed E-state index contributed by atoms with van der Waals surface area (Å²) in [5.41, 5.74) is 0. The van der Waals surface area contributed by atoms with Crippen LogP contribution in [-0.4, -0.2) is 46.9 Å². The molecule has 0 heterocycles. The van der Waals surface area contributed by atoms with Crippen LogP contribution in [0.25, 0.3) is 0 Å².